The fourth-order valence-electron chi connectivity index (χ4n) is 2.09. The average molecular weight is 227 g/mol. The van der Waals surface area contributed by atoms with Crippen LogP contribution in [-0.4, -0.2) is 25.0 Å². The third-order valence-electron chi connectivity index (χ3n) is 2.91. The van der Waals surface area contributed by atoms with E-state index < -0.39 is 0 Å². The van der Waals surface area contributed by atoms with Crippen molar-refractivity contribution in [1.29, 1.82) is 0 Å². The first-order valence-electron chi connectivity index (χ1n) is 6.14. The Kier molecular flexibility index (Phi) is 5.90. The van der Waals surface area contributed by atoms with Gasteiger partial charge in [0, 0.05) is 13.0 Å². The summed E-state index contributed by atoms with van der Waals surface area (Å²) in [5, 5.41) is 2.76. The Balaban J connectivity index is 2.03. The molecule has 1 rings (SSSR count). The molecule has 0 saturated heterocycles. The number of amides is 1. The van der Waals surface area contributed by atoms with E-state index in [-0.39, 0.29) is 18.3 Å². The molecule has 1 aliphatic carbocycles. The van der Waals surface area contributed by atoms with Crippen molar-refractivity contribution < 1.29 is 14.3 Å². The van der Waals surface area contributed by atoms with E-state index in [2.05, 4.69) is 5.32 Å². The molecule has 0 atom stereocenters. The molecule has 0 aromatic rings. The Labute approximate surface area is 96.7 Å². The lowest BCUT2D eigenvalue weighted by atomic mass is 10.0. The maximum Gasteiger partial charge on any atom is 0.307 e. The van der Waals surface area contributed by atoms with E-state index >= 15 is 0 Å². The van der Waals surface area contributed by atoms with Gasteiger partial charge in [-0.05, 0) is 25.7 Å². The summed E-state index contributed by atoms with van der Waals surface area (Å²) in [6, 6.07) is 0. The van der Waals surface area contributed by atoms with Crippen LogP contribution in [0.5, 0.6) is 0 Å². The van der Waals surface area contributed by atoms with Gasteiger partial charge in [0.1, 0.15) is 0 Å². The molecule has 1 fully saturated rings. The van der Waals surface area contributed by atoms with Crippen LogP contribution in [0.25, 0.3) is 0 Å². The van der Waals surface area contributed by atoms with Gasteiger partial charge in [-0.2, -0.15) is 0 Å². The zero-order valence-electron chi connectivity index (χ0n) is 9.96. The normalized spacial score (nSPS) is 16.1. The fourth-order valence-corrected chi connectivity index (χ4v) is 2.09. The van der Waals surface area contributed by atoms with Crippen molar-refractivity contribution in [3.63, 3.8) is 0 Å². The van der Waals surface area contributed by atoms with Gasteiger partial charge in [0.25, 0.3) is 0 Å². The van der Waals surface area contributed by atoms with Crippen LogP contribution in [0, 0.1) is 5.92 Å². The highest BCUT2D eigenvalue weighted by atomic mass is 16.5. The topological polar surface area (TPSA) is 55.4 Å². The summed E-state index contributed by atoms with van der Waals surface area (Å²) in [4.78, 5) is 22.5. The molecule has 0 spiro atoms. The number of hydrogen-bond acceptors (Lipinski definition) is 3. The van der Waals surface area contributed by atoms with Crippen LogP contribution >= 0.6 is 0 Å². The van der Waals surface area contributed by atoms with Crippen molar-refractivity contribution >= 4 is 11.9 Å². The molecule has 1 aliphatic rings. The molecule has 4 heteroatoms. The summed E-state index contributed by atoms with van der Waals surface area (Å²) < 4.78 is 4.77. The fraction of sp³-hybridized carbons (Fsp3) is 0.833. The maximum atomic E-state index is 11.5. The molecule has 0 radical (unpaired) electrons. The van der Waals surface area contributed by atoms with Crippen LogP contribution in [0.2, 0.25) is 0 Å². The third kappa shape index (κ3) is 5.14. The molecule has 0 bridgehead atoms. The van der Waals surface area contributed by atoms with Gasteiger partial charge < -0.3 is 10.1 Å². The molecule has 1 saturated carbocycles. The second-order valence-corrected chi connectivity index (χ2v) is 4.26. The van der Waals surface area contributed by atoms with Gasteiger partial charge in [-0.3, -0.25) is 9.59 Å². The number of hydrogen-bond donors (Lipinski definition) is 1. The maximum absolute atomic E-state index is 11.5. The van der Waals surface area contributed by atoms with Crippen LogP contribution in [0.3, 0.4) is 0 Å². The average Bonchev–Trinajstić information content (AvgIpc) is 2.70. The first-order valence-corrected chi connectivity index (χ1v) is 6.14. The highest BCUT2D eigenvalue weighted by Gasteiger charge is 2.18. The van der Waals surface area contributed by atoms with E-state index in [1.165, 1.54) is 25.7 Å². The van der Waals surface area contributed by atoms with Gasteiger partial charge in [0.15, 0.2) is 0 Å². The van der Waals surface area contributed by atoms with E-state index in [1.807, 2.05) is 0 Å². The third-order valence-corrected chi connectivity index (χ3v) is 2.91. The minimum absolute atomic E-state index is 0.0659. The second-order valence-electron chi connectivity index (χ2n) is 4.26. The Morgan fingerprint density at radius 1 is 1.31 bits per heavy atom. The molecular formula is C12H21NO3. The summed E-state index contributed by atoms with van der Waals surface area (Å²) in [5.74, 6) is 0.377. The molecule has 1 amide bonds. The molecular weight excluding hydrogens is 206 g/mol. The lowest BCUT2D eigenvalue weighted by Gasteiger charge is -2.09. The molecule has 0 heterocycles. The van der Waals surface area contributed by atoms with Crippen molar-refractivity contribution in [2.75, 3.05) is 13.2 Å². The minimum atomic E-state index is -0.247. The van der Waals surface area contributed by atoms with Crippen LogP contribution in [0.1, 0.15) is 45.4 Å². The van der Waals surface area contributed by atoms with Gasteiger partial charge in [-0.25, -0.2) is 0 Å². The lowest BCUT2D eigenvalue weighted by Crippen LogP contribution is -2.27. The monoisotopic (exact) mass is 227 g/mol. The van der Waals surface area contributed by atoms with Crippen molar-refractivity contribution in [1.82, 2.24) is 5.32 Å². The molecule has 0 aromatic carbocycles. The van der Waals surface area contributed by atoms with Gasteiger partial charge in [0.2, 0.25) is 5.91 Å². The molecule has 92 valence electrons. The molecule has 1 N–H and O–H groups in total. The predicted molar refractivity (Wildman–Crippen MR) is 60.8 cm³/mol. The second kappa shape index (κ2) is 7.25. The van der Waals surface area contributed by atoms with Gasteiger partial charge in [-0.15, -0.1) is 0 Å². The lowest BCUT2D eigenvalue weighted by molar-refractivity contribution is -0.143. The number of esters is 1. The smallest absolute Gasteiger partial charge is 0.307 e. The standard InChI is InChI=1S/C12H21NO3/c1-2-16-12(15)7-8-13-11(14)9-10-5-3-4-6-10/h10H,2-9H2,1H3,(H,13,14). The van der Waals surface area contributed by atoms with E-state index in [9.17, 15) is 9.59 Å². The van der Waals surface area contributed by atoms with E-state index in [1.54, 1.807) is 6.92 Å². The van der Waals surface area contributed by atoms with Crippen molar-refractivity contribution in [3.05, 3.63) is 0 Å². The number of nitrogens with one attached hydrogen (secondary N) is 1. The van der Waals surface area contributed by atoms with Gasteiger partial charge in [0.05, 0.1) is 13.0 Å². The predicted octanol–water partition coefficient (Wildman–Crippen LogP) is 1.64. The highest BCUT2D eigenvalue weighted by Crippen LogP contribution is 2.27. The quantitative estimate of drug-likeness (QED) is 0.702. The zero-order chi connectivity index (χ0) is 11.8. The van der Waals surface area contributed by atoms with Crippen LogP contribution in [-0.2, 0) is 14.3 Å². The summed E-state index contributed by atoms with van der Waals surface area (Å²) in [5.41, 5.74) is 0. The highest BCUT2D eigenvalue weighted by molar-refractivity contribution is 5.77. The molecule has 16 heavy (non-hydrogen) atoms. The van der Waals surface area contributed by atoms with Crippen molar-refractivity contribution in [2.45, 2.75) is 45.4 Å². The van der Waals surface area contributed by atoms with Crippen LogP contribution < -0.4 is 5.32 Å². The molecule has 4 nitrogen and oxygen atoms in total. The Hall–Kier alpha value is -1.06. The van der Waals surface area contributed by atoms with E-state index in [0.29, 0.717) is 25.5 Å². The Bertz CT molecular complexity index is 234. The van der Waals surface area contributed by atoms with Gasteiger partial charge in [-0.1, -0.05) is 12.8 Å². The Morgan fingerprint density at radius 3 is 2.62 bits per heavy atom. The van der Waals surface area contributed by atoms with Crippen molar-refractivity contribution in [2.24, 2.45) is 5.92 Å². The molecule has 0 aromatic heterocycles. The Morgan fingerprint density at radius 2 is 2.00 bits per heavy atom. The van der Waals surface area contributed by atoms with E-state index in [0.717, 1.165) is 0 Å². The molecule has 0 unspecified atom stereocenters. The van der Waals surface area contributed by atoms with Crippen molar-refractivity contribution in [3.8, 4) is 0 Å². The van der Waals surface area contributed by atoms with Crippen LogP contribution in [0.15, 0.2) is 0 Å². The number of carbonyl (C=O) groups excluding carboxylic acids is 2. The van der Waals surface area contributed by atoms with E-state index in [4.69, 9.17) is 4.74 Å². The molecule has 0 aliphatic heterocycles. The first-order chi connectivity index (χ1) is 7.72. The largest absolute Gasteiger partial charge is 0.466 e. The summed E-state index contributed by atoms with van der Waals surface area (Å²) in [7, 11) is 0. The summed E-state index contributed by atoms with van der Waals surface area (Å²) >= 11 is 0. The zero-order valence-corrected chi connectivity index (χ0v) is 9.96. The summed E-state index contributed by atoms with van der Waals surface area (Å²) in [6.07, 6.45) is 5.73. The van der Waals surface area contributed by atoms with Crippen LogP contribution in [0.4, 0.5) is 0 Å². The number of rotatable bonds is 6. The number of carbonyl (C=O) groups is 2. The first kappa shape index (κ1) is 13.0. The summed E-state index contributed by atoms with van der Waals surface area (Å²) in [6.45, 7) is 2.57. The van der Waals surface area contributed by atoms with Gasteiger partial charge >= 0.3 is 5.97 Å². The number of ether oxygens (including phenoxy) is 1. The SMILES string of the molecule is CCOC(=O)CCNC(=O)CC1CCCC1. The minimum Gasteiger partial charge on any atom is -0.466 e.